The van der Waals surface area contributed by atoms with Gasteiger partial charge in [0, 0.05) is 6.42 Å². The number of aliphatic imine (C=N–C) groups is 1. The summed E-state index contributed by atoms with van der Waals surface area (Å²) in [5.74, 6) is 0.851. The Labute approximate surface area is 103 Å². The van der Waals surface area contributed by atoms with Gasteiger partial charge >= 0.3 is 0 Å². The van der Waals surface area contributed by atoms with Gasteiger partial charge in [-0.05, 0) is 11.0 Å². The molecule has 1 aliphatic heterocycles. The molecular weight excluding hydrogens is 210 g/mol. The lowest BCUT2D eigenvalue weighted by Crippen LogP contribution is -2.14. The minimum absolute atomic E-state index is 0.0460. The zero-order valence-corrected chi connectivity index (χ0v) is 10.5. The van der Waals surface area contributed by atoms with Gasteiger partial charge in [0.15, 0.2) is 5.90 Å². The molecule has 0 N–H and O–H groups in total. The van der Waals surface area contributed by atoms with Gasteiger partial charge < -0.3 is 4.74 Å². The number of hydrogen-bond donors (Lipinski definition) is 0. The summed E-state index contributed by atoms with van der Waals surface area (Å²) in [5, 5.41) is 0. The predicted molar refractivity (Wildman–Crippen MR) is 71.2 cm³/mol. The summed E-state index contributed by atoms with van der Waals surface area (Å²) in [6.07, 6.45) is 2.77. The van der Waals surface area contributed by atoms with Crippen LogP contribution in [0, 0.1) is 5.41 Å². The maximum atomic E-state index is 5.66. The Morgan fingerprint density at radius 1 is 1.41 bits per heavy atom. The third-order valence-corrected chi connectivity index (χ3v) is 3.05. The summed E-state index contributed by atoms with van der Waals surface area (Å²) in [5.41, 5.74) is 1.27. The molecule has 1 unspecified atom stereocenters. The van der Waals surface area contributed by atoms with Crippen molar-refractivity contribution < 1.29 is 4.74 Å². The lowest BCUT2D eigenvalue weighted by molar-refractivity contribution is 0.300. The van der Waals surface area contributed by atoms with Crippen LogP contribution in [0.1, 0.15) is 31.9 Å². The highest BCUT2D eigenvalue weighted by Crippen LogP contribution is 2.29. The van der Waals surface area contributed by atoms with Gasteiger partial charge in [0.25, 0.3) is 0 Å². The minimum atomic E-state index is 0.0460. The molecule has 0 fully saturated rings. The second-order valence-electron chi connectivity index (χ2n) is 5.13. The first-order valence-corrected chi connectivity index (χ1v) is 5.99. The molecule has 2 heteroatoms. The normalized spacial score (nSPS) is 19.6. The molecule has 0 spiro atoms. The first-order chi connectivity index (χ1) is 8.11. The number of ether oxygens (including phenoxy) is 1. The van der Waals surface area contributed by atoms with Gasteiger partial charge in [0.1, 0.15) is 12.6 Å². The Morgan fingerprint density at radius 2 is 2.12 bits per heavy atom. The van der Waals surface area contributed by atoms with E-state index in [9.17, 15) is 0 Å². The first kappa shape index (κ1) is 11.9. The molecule has 0 saturated carbocycles. The number of hydrogen-bond acceptors (Lipinski definition) is 2. The molecule has 1 aromatic rings. The Morgan fingerprint density at radius 3 is 2.76 bits per heavy atom. The highest BCUT2D eigenvalue weighted by molar-refractivity contribution is 5.78. The summed E-state index contributed by atoms with van der Waals surface area (Å²) in [4.78, 5) is 4.64. The average molecular weight is 229 g/mol. The quantitative estimate of drug-likeness (QED) is 0.720. The molecule has 1 aliphatic rings. The van der Waals surface area contributed by atoms with Gasteiger partial charge in [-0.2, -0.15) is 0 Å². The highest BCUT2D eigenvalue weighted by Gasteiger charge is 2.24. The molecule has 0 saturated heterocycles. The third-order valence-electron chi connectivity index (χ3n) is 3.05. The molecule has 0 radical (unpaired) electrons. The Balaban J connectivity index is 2.07. The van der Waals surface area contributed by atoms with Gasteiger partial charge in [0.05, 0.1) is 0 Å². The van der Waals surface area contributed by atoms with Gasteiger partial charge in [-0.1, -0.05) is 50.3 Å². The van der Waals surface area contributed by atoms with Crippen LogP contribution < -0.4 is 0 Å². The van der Waals surface area contributed by atoms with Crippen molar-refractivity contribution in [1.82, 2.24) is 0 Å². The SMILES string of the molecule is C=CC(C)(C)CC1=NC(c2ccccc2)CO1. The largest absolute Gasteiger partial charge is 0.478 e. The molecule has 0 amide bonds. The van der Waals surface area contributed by atoms with E-state index in [1.54, 1.807) is 0 Å². The Kier molecular flexibility index (Phi) is 3.32. The van der Waals surface area contributed by atoms with Crippen molar-refractivity contribution in [3.63, 3.8) is 0 Å². The van der Waals surface area contributed by atoms with Crippen LogP contribution in [-0.2, 0) is 4.74 Å². The van der Waals surface area contributed by atoms with Gasteiger partial charge in [-0.25, -0.2) is 4.99 Å². The standard InChI is InChI=1S/C15H19NO/c1-4-15(2,3)10-14-16-13(11-17-14)12-8-6-5-7-9-12/h4-9,13H,1,10-11H2,2-3H3. The van der Waals surface area contributed by atoms with Crippen LogP contribution in [0.2, 0.25) is 0 Å². The monoisotopic (exact) mass is 229 g/mol. The molecule has 1 heterocycles. The maximum absolute atomic E-state index is 5.66. The van der Waals surface area contributed by atoms with Crippen molar-refractivity contribution in [2.24, 2.45) is 10.4 Å². The van der Waals surface area contributed by atoms with E-state index in [-0.39, 0.29) is 11.5 Å². The highest BCUT2D eigenvalue weighted by atomic mass is 16.5. The predicted octanol–water partition coefficient (Wildman–Crippen LogP) is 3.76. The number of allylic oxidation sites excluding steroid dienone is 1. The number of nitrogens with zero attached hydrogens (tertiary/aromatic N) is 1. The third kappa shape index (κ3) is 2.96. The molecule has 0 bridgehead atoms. The van der Waals surface area contributed by atoms with Crippen LogP contribution in [0.3, 0.4) is 0 Å². The van der Waals surface area contributed by atoms with Crippen LogP contribution in [0.4, 0.5) is 0 Å². The van der Waals surface area contributed by atoms with Crippen molar-refractivity contribution in [3.8, 4) is 0 Å². The molecule has 2 nitrogen and oxygen atoms in total. The summed E-state index contributed by atoms with van der Waals surface area (Å²) in [6.45, 7) is 8.78. The van der Waals surface area contributed by atoms with E-state index in [1.165, 1.54) is 5.56 Å². The number of rotatable bonds is 4. The van der Waals surface area contributed by atoms with Gasteiger partial charge in [0.2, 0.25) is 0 Å². The van der Waals surface area contributed by atoms with E-state index < -0.39 is 0 Å². The smallest absolute Gasteiger partial charge is 0.184 e. The van der Waals surface area contributed by atoms with Crippen molar-refractivity contribution in [1.29, 1.82) is 0 Å². The van der Waals surface area contributed by atoms with Crippen molar-refractivity contribution in [2.45, 2.75) is 26.3 Å². The molecule has 1 aromatic carbocycles. The van der Waals surface area contributed by atoms with Crippen molar-refractivity contribution in [3.05, 3.63) is 48.6 Å². The molecular formula is C15H19NO. The summed E-state index contributed by atoms with van der Waals surface area (Å²) >= 11 is 0. The zero-order valence-electron chi connectivity index (χ0n) is 10.5. The van der Waals surface area contributed by atoms with E-state index >= 15 is 0 Å². The van der Waals surface area contributed by atoms with E-state index in [2.05, 4.69) is 37.6 Å². The molecule has 0 aromatic heterocycles. The van der Waals surface area contributed by atoms with Crippen molar-refractivity contribution in [2.75, 3.05) is 6.61 Å². The molecule has 90 valence electrons. The van der Waals surface area contributed by atoms with Crippen LogP contribution >= 0.6 is 0 Å². The number of benzene rings is 1. The zero-order chi connectivity index (χ0) is 12.3. The van der Waals surface area contributed by atoms with Crippen LogP contribution in [-0.4, -0.2) is 12.5 Å². The van der Waals surface area contributed by atoms with Gasteiger partial charge in [-0.15, -0.1) is 6.58 Å². The molecule has 0 aliphatic carbocycles. The first-order valence-electron chi connectivity index (χ1n) is 5.99. The summed E-state index contributed by atoms with van der Waals surface area (Å²) in [7, 11) is 0. The lowest BCUT2D eigenvalue weighted by Gasteiger charge is -2.18. The van der Waals surface area contributed by atoms with Gasteiger partial charge in [-0.3, -0.25) is 0 Å². The fraction of sp³-hybridized carbons (Fsp3) is 0.400. The summed E-state index contributed by atoms with van der Waals surface area (Å²) in [6, 6.07) is 10.4. The van der Waals surface area contributed by atoms with Crippen LogP contribution in [0.5, 0.6) is 0 Å². The van der Waals surface area contributed by atoms with E-state index in [1.807, 2.05) is 24.3 Å². The topological polar surface area (TPSA) is 21.6 Å². The Hall–Kier alpha value is -1.57. The fourth-order valence-corrected chi connectivity index (χ4v) is 1.83. The summed E-state index contributed by atoms with van der Waals surface area (Å²) < 4.78 is 5.66. The molecule has 17 heavy (non-hydrogen) atoms. The second-order valence-corrected chi connectivity index (χ2v) is 5.13. The molecule has 2 rings (SSSR count). The lowest BCUT2D eigenvalue weighted by atomic mass is 9.90. The Bertz CT molecular complexity index is 420. The van der Waals surface area contributed by atoms with Crippen LogP contribution in [0.15, 0.2) is 48.0 Å². The van der Waals surface area contributed by atoms with Crippen molar-refractivity contribution >= 4 is 5.90 Å². The van der Waals surface area contributed by atoms with E-state index in [4.69, 9.17) is 4.74 Å². The van der Waals surface area contributed by atoms with E-state index in [0.29, 0.717) is 6.61 Å². The average Bonchev–Trinajstić information content (AvgIpc) is 2.78. The van der Waals surface area contributed by atoms with Crippen LogP contribution in [0.25, 0.3) is 0 Å². The minimum Gasteiger partial charge on any atom is -0.478 e. The maximum Gasteiger partial charge on any atom is 0.184 e. The fourth-order valence-electron chi connectivity index (χ4n) is 1.83. The molecule has 1 atom stereocenters. The van der Waals surface area contributed by atoms with E-state index in [0.717, 1.165) is 12.3 Å². The second kappa shape index (κ2) is 4.74.